The number of ether oxygens (including phenoxy) is 1. The number of aromatic nitrogens is 1. The molecule has 1 aromatic heterocycles. The molecule has 1 N–H and O–H groups in total. The fourth-order valence-corrected chi connectivity index (χ4v) is 4.39. The predicted molar refractivity (Wildman–Crippen MR) is 104 cm³/mol. The van der Waals surface area contributed by atoms with Gasteiger partial charge in [-0.05, 0) is 45.4 Å². The van der Waals surface area contributed by atoms with Crippen molar-refractivity contribution in [2.45, 2.75) is 51.4 Å². The van der Waals surface area contributed by atoms with Crippen molar-refractivity contribution in [3.05, 3.63) is 23.5 Å². The van der Waals surface area contributed by atoms with Crippen LogP contribution in [-0.2, 0) is 16.6 Å². The van der Waals surface area contributed by atoms with Crippen LogP contribution in [0.15, 0.2) is 12.1 Å². The lowest BCUT2D eigenvalue weighted by Gasteiger charge is -2.39. The van der Waals surface area contributed by atoms with E-state index in [2.05, 4.69) is 10.2 Å². The summed E-state index contributed by atoms with van der Waals surface area (Å²) < 4.78 is 7.71. The summed E-state index contributed by atoms with van der Waals surface area (Å²) in [4.78, 5) is 29.2. The molecule has 0 bridgehead atoms. The predicted octanol–water partition coefficient (Wildman–Crippen LogP) is 1.55. The maximum absolute atomic E-state index is 12.9. The zero-order valence-electron chi connectivity index (χ0n) is 16.9. The Labute approximate surface area is 161 Å². The van der Waals surface area contributed by atoms with Crippen LogP contribution < -0.4 is 5.32 Å². The summed E-state index contributed by atoms with van der Waals surface area (Å²) in [5.74, 6) is 0.0862. The van der Waals surface area contributed by atoms with E-state index in [1.54, 1.807) is 7.05 Å². The maximum atomic E-state index is 12.9. The van der Waals surface area contributed by atoms with Gasteiger partial charge in [-0.1, -0.05) is 6.42 Å². The molecule has 0 radical (unpaired) electrons. The van der Waals surface area contributed by atoms with Gasteiger partial charge in [-0.3, -0.25) is 14.5 Å². The van der Waals surface area contributed by atoms with Crippen LogP contribution in [0.4, 0.5) is 0 Å². The summed E-state index contributed by atoms with van der Waals surface area (Å²) in [6.07, 6.45) is 3.41. The molecule has 3 rings (SSSR count). The first-order chi connectivity index (χ1) is 12.9. The number of hydrogen-bond acceptors (Lipinski definition) is 4. The summed E-state index contributed by atoms with van der Waals surface area (Å²) in [5.41, 5.74) is 1.75. The molecular weight excluding hydrogens is 344 g/mol. The fraction of sp³-hybridized carbons (Fsp3) is 0.700. The SMILES string of the molecule is CNC(=O)c1ccc([C@@H]2CCCCN2CC(=O)N2C[C@@H](C)O[C@H](C)C2)n1C. The number of morpholine rings is 1. The highest BCUT2D eigenvalue weighted by atomic mass is 16.5. The van der Waals surface area contributed by atoms with Crippen LogP contribution in [0.5, 0.6) is 0 Å². The largest absolute Gasteiger partial charge is 0.372 e. The van der Waals surface area contributed by atoms with Crippen molar-refractivity contribution in [1.82, 2.24) is 19.7 Å². The van der Waals surface area contributed by atoms with E-state index in [-0.39, 0.29) is 30.1 Å². The van der Waals surface area contributed by atoms with Gasteiger partial charge in [0.05, 0.1) is 24.8 Å². The lowest BCUT2D eigenvalue weighted by Crippen LogP contribution is -2.51. The second-order valence-electron chi connectivity index (χ2n) is 7.82. The van der Waals surface area contributed by atoms with Crippen molar-refractivity contribution < 1.29 is 14.3 Å². The summed E-state index contributed by atoms with van der Waals surface area (Å²) in [7, 11) is 3.57. The molecule has 2 aliphatic heterocycles. The molecule has 2 fully saturated rings. The molecule has 1 aromatic rings. The van der Waals surface area contributed by atoms with E-state index in [1.807, 2.05) is 42.5 Å². The van der Waals surface area contributed by atoms with Crippen LogP contribution in [0, 0.1) is 0 Å². The monoisotopic (exact) mass is 376 g/mol. The van der Waals surface area contributed by atoms with Gasteiger partial charge in [0.2, 0.25) is 5.91 Å². The molecule has 3 heterocycles. The third-order valence-corrected chi connectivity index (χ3v) is 5.69. The van der Waals surface area contributed by atoms with Gasteiger partial charge in [-0.2, -0.15) is 0 Å². The van der Waals surface area contributed by atoms with Crippen molar-refractivity contribution >= 4 is 11.8 Å². The van der Waals surface area contributed by atoms with Crippen molar-refractivity contribution in [3.8, 4) is 0 Å². The van der Waals surface area contributed by atoms with Crippen molar-refractivity contribution in [1.29, 1.82) is 0 Å². The third kappa shape index (κ3) is 4.35. The Morgan fingerprint density at radius 1 is 1.19 bits per heavy atom. The molecule has 0 aromatic carbocycles. The fourth-order valence-electron chi connectivity index (χ4n) is 4.39. The minimum absolute atomic E-state index is 0.0813. The molecule has 150 valence electrons. The van der Waals surface area contributed by atoms with Crippen molar-refractivity contribution in [2.75, 3.05) is 33.2 Å². The van der Waals surface area contributed by atoms with Gasteiger partial charge in [0, 0.05) is 32.9 Å². The molecule has 0 aliphatic carbocycles. The van der Waals surface area contributed by atoms with Gasteiger partial charge in [-0.15, -0.1) is 0 Å². The normalized spacial score (nSPS) is 26.8. The van der Waals surface area contributed by atoms with Crippen molar-refractivity contribution in [2.24, 2.45) is 7.05 Å². The highest BCUT2D eigenvalue weighted by Gasteiger charge is 2.32. The van der Waals surface area contributed by atoms with E-state index in [0.29, 0.717) is 25.3 Å². The summed E-state index contributed by atoms with van der Waals surface area (Å²) in [5, 5.41) is 2.69. The van der Waals surface area contributed by atoms with Crippen LogP contribution >= 0.6 is 0 Å². The minimum atomic E-state index is -0.0847. The molecule has 27 heavy (non-hydrogen) atoms. The lowest BCUT2D eigenvalue weighted by molar-refractivity contribution is -0.145. The minimum Gasteiger partial charge on any atom is -0.372 e. The number of hydrogen-bond donors (Lipinski definition) is 1. The van der Waals surface area contributed by atoms with E-state index < -0.39 is 0 Å². The topological polar surface area (TPSA) is 66.8 Å². The molecule has 0 unspecified atom stereocenters. The molecule has 0 spiro atoms. The Bertz CT molecular complexity index is 677. The highest BCUT2D eigenvalue weighted by Crippen LogP contribution is 2.31. The second-order valence-corrected chi connectivity index (χ2v) is 7.82. The van der Waals surface area contributed by atoms with E-state index in [4.69, 9.17) is 4.74 Å². The molecule has 3 atom stereocenters. The first kappa shape index (κ1) is 19.9. The quantitative estimate of drug-likeness (QED) is 0.866. The number of carbonyl (C=O) groups is 2. The number of piperidine rings is 1. The number of amides is 2. The number of rotatable bonds is 4. The Hall–Kier alpha value is -1.86. The van der Waals surface area contributed by atoms with Crippen LogP contribution in [0.3, 0.4) is 0 Å². The molecule has 2 aliphatic rings. The molecule has 2 amide bonds. The molecular formula is C20H32N4O3. The van der Waals surface area contributed by atoms with Crippen LogP contribution in [0.1, 0.15) is 55.3 Å². The maximum Gasteiger partial charge on any atom is 0.267 e. The lowest BCUT2D eigenvalue weighted by atomic mass is 9.99. The molecule has 0 saturated carbocycles. The van der Waals surface area contributed by atoms with Gasteiger partial charge in [0.1, 0.15) is 5.69 Å². The van der Waals surface area contributed by atoms with Crippen LogP contribution in [-0.4, -0.2) is 71.6 Å². The van der Waals surface area contributed by atoms with Crippen LogP contribution in [0.2, 0.25) is 0 Å². The van der Waals surface area contributed by atoms with E-state index in [1.165, 1.54) is 0 Å². The zero-order valence-corrected chi connectivity index (χ0v) is 16.9. The van der Waals surface area contributed by atoms with E-state index >= 15 is 0 Å². The first-order valence-corrected chi connectivity index (χ1v) is 9.95. The number of carbonyl (C=O) groups excluding carboxylic acids is 2. The average molecular weight is 377 g/mol. The van der Waals surface area contributed by atoms with E-state index in [9.17, 15) is 9.59 Å². The number of nitrogens with zero attached hydrogens (tertiary/aromatic N) is 3. The molecule has 7 heteroatoms. The average Bonchev–Trinajstić information content (AvgIpc) is 3.02. The van der Waals surface area contributed by atoms with Gasteiger partial charge < -0.3 is 19.5 Å². The zero-order chi connectivity index (χ0) is 19.6. The Morgan fingerprint density at radius 3 is 2.56 bits per heavy atom. The Morgan fingerprint density at radius 2 is 1.89 bits per heavy atom. The summed E-state index contributed by atoms with van der Waals surface area (Å²) in [6, 6.07) is 4.06. The van der Waals surface area contributed by atoms with Gasteiger partial charge in [0.15, 0.2) is 0 Å². The summed E-state index contributed by atoms with van der Waals surface area (Å²) in [6.45, 7) is 6.68. The molecule has 7 nitrogen and oxygen atoms in total. The number of nitrogens with one attached hydrogen (secondary N) is 1. The third-order valence-electron chi connectivity index (χ3n) is 5.69. The highest BCUT2D eigenvalue weighted by molar-refractivity contribution is 5.92. The van der Waals surface area contributed by atoms with Gasteiger partial charge in [0.25, 0.3) is 5.91 Å². The molecule has 2 saturated heterocycles. The van der Waals surface area contributed by atoms with Crippen LogP contribution in [0.25, 0.3) is 0 Å². The second kappa shape index (κ2) is 8.44. The standard InChI is InChI=1S/C20H32N4O3/c1-14-11-24(12-15(2)27-14)19(25)13-23-10-6-5-7-17(23)16-8-9-18(22(16)4)20(26)21-3/h8-9,14-15,17H,5-7,10-13H2,1-4H3,(H,21,26)/t14-,15-,17+/m1/s1. The summed E-state index contributed by atoms with van der Waals surface area (Å²) >= 11 is 0. The Balaban J connectivity index is 1.73. The van der Waals surface area contributed by atoms with Crippen molar-refractivity contribution in [3.63, 3.8) is 0 Å². The van der Waals surface area contributed by atoms with E-state index in [0.717, 1.165) is 31.5 Å². The van der Waals surface area contributed by atoms with Gasteiger partial charge >= 0.3 is 0 Å². The van der Waals surface area contributed by atoms with Gasteiger partial charge in [-0.25, -0.2) is 0 Å². The smallest absolute Gasteiger partial charge is 0.267 e. The first-order valence-electron chi connectivity index (χ1n) is 9.95. The number of likely N-dealkylation sites (tertiary alicyclic amines) is 1. The Kier molecular flexibility index (Phi) is 6.22.